The van der Waals surface area contributed by atoms with Crippen LogP contribution in [0, 0.1) is 0 Å². The zero-order chi connectivity index (χ0) is 23.9. The van der Waals surface area contributed by atoms with Gasteiger partial charge in [-0.15, -0.1) is 20.4 Å². The molecule has 0 saturated heterocycles. The van der Waals surface area contributed by atoms with Crippen LogP contribution in [0.15, 0.2) is 54.9 Å². The van der Waals surface area contributed by atoms with Crippen LogP contribution in [0.25, 0.3) is 11.4 Å². The van der Waals surface area contributed by atoms with E-state index >= 15 is 0 Å². The molecule has 12 nitrogen and oxygen atoms in total. The van der Waals surface area contributed by atoms with Gasteiger partial charge in [-0.2, -0.15) is 0 Å². The lowest BCUT2D eigenvalue weighted by molar-refractivity contribution is 0.0958. The van der Waals surface area contributed by atoms with Crippen LogP contribution >= 0.6 is 0 Å². The van der Waals surface area contributed by atoms with E-state index in [4.69, 9.17) is 9.47 Å². The molecule has 0 radical (unpaired) electrons. The van der Waals surface area contributed by atoms with E-state index in [1.54, 1.807) is 49.8 Å². The number of nitrogens with zero attached hydrogens (tertiary/aromatic N) is 6. The van der Waals surface area contributed by atoms with E-state index in [-0.39, 0.29) is 5.69 Å². The Hall–Kier alpha value is -4.87. The molecule has 3 N–H and O–H groups in total. The van der Waals surface area contributed by atoms with E-state index in [1.807, 2.05) is 12.1 Å². The highest BCUT2D eigenvalue weighted by atomic mass is 16.5. The molecule has 12 heteroatoms. The van der Waals surface area contributed by atoms with E-state index in [0.29, 0.717) is 46.0 Å². The minimum atomic E-state index is -0.410. The first-order valence-corrected chi connectivity index (χ1v) is 10.1. The molecule has 4 aromatic rings. The summed E-state index contributed by atoms with van der Waals surface area (Å²) < 4.78 is 10.7. The number of hydrogen-bond donors (Lipinski definition) is 3. The highest BCUT2D eigenvalue weighted by Crippen LogP contribution is 2.37. The van der Waals surface area contributed by atoms with Gasteiger partial charge in [-0.1, -0.05) is 6.07 Å². The lowest BCUT2D eigenvalue weighted by Gasteiger charge is -2.16. The number of carbonyl (C=O) groups is 1. The lowest BCUT2D eigenvalue weighted by Crippen LogP contribution is -2.21. The normalized spacial score (nSPS) is 10.3. The summed E-state index contributed by atoms with van der Waals surface area (Å²) in [5.74, 6) is 1.74. The van der Waals surface area contributed by atoms with Gasteiger partial charge in [-0.3, -0.25) is 4.79 Å². The summed E-state index contributed by atoms with van der Waals surface area (Å²) in [4.78, 5) is 21.0. The summed E-state index contributed by atoms with van der Waals surface area (Å²) in [5, 5.41) is 24.9. The number of methoxy groups -OCH3 is 2. The Morgan fingerprint density at radius 1 is 0.824 bits per heavy atom. The fourth-order valence-electron chi connectivity index (χ4n) is 3.08. The molecule has 0 aliphatic rings. The Kier molecular flexibility index (Phi) is 6.68. The Labute approximate surface area is 194 Å². The minimum absolute atomic E-state index is 0.0947. The van der Waals surface area contributed by atoms with Crippen molar-refractivity contribution in [2.24, 2.45) is 0 Å². The molecule has 0 aliphatic carbocycles. The number of rotatable bonds is 8. The van der Waals surface area contributed by atoms with Crippen molar-refractivity contribution in [2.75, 3.05) is 31.9 Å². The maximum absolute atomic E-state index is 12.4. The lowest BCUT2D eigenvalue weighted by atomic mass is 10.1. The fraction of sp³-hybridized carbons (Fsp3) is 0.136. The number of para-hydroxylation sites is 1. The van der Waals surface area contributed by atoms with Crippen molar-refractivity contribution in [3.8, 4) is 23.0 Å². The number of carbonyl (C=O) groups excluding carboxylic acids is 1. The van der Waals surface area contributed by atoms with E-state index in [1.165, 1.54) is 14.2 Å². The number of hydrogen-bond acceptors (Lipinski definition) is 11. The number of benzene rings is 1. The summed E-state index contributed by atoms with van der Waals surface area (Å²) in [6.45, 7) is 0. The van der Waals surface area contributed by atoms with Crippen LogP contribution in [-0.2, 0) is 0 Å². The Balaban J connectivity index is 1.71. The van der Waals surface area contributed by atoms with Crippen LogP contribution in [0.4, 0.5) is 23.0 Å². The molecule has 3 heterocycles. The van der Waals surface area contributed by atoms with Gasteiger partial charge in [0.25, 0.3) is 5.91 Å². The highest BCUT2D eigenvalue weighted by molar-refractivity contribution is 5.99. The van der Waals surface area contributed by atoms with Crippen molar-refractivity contribution in [3.63, 3.8) is 0 Å². The summed E-state index contributed by atoms with van der Waals surface area (Å²) in [7, 11) is 4.57. The maximum atomic E-state index is 12.4. The van der Waals surface area contributed by atoms with Crippen LogP contribution < -0.4 is 25.4 Å². The van der Waals surface area contributed by atoms with Crippen molar-refractivity contribution < 1.29 is 14.3 Å². The summed E-state index contributed by atoms with van der Waals surface area (Å²) >= 11 is 0. The van der Waals surface area contributed by atoms with Gasteiger partial charge in [0, 0.05) is 31.6 Å². The van der Waals surface area contributed by atoms with Crippen molar-refractivity contribution in [3.05, 3.63) is 60.6 Å². The number of anilines is 4. The molecular weight excluding hydrogens is 438 g/mol. The van der Waals surface area contributed by atoms with Gasteiger partial charge >= 0.3 is 0 Å². The van der Waals surface area contributed by atoms with E-state index in [0.717, 1.165) is 0 Å². The minimum Gasteiger partial charge on any atom is -0.494 e. The smallest absolute Gasteiger partial charge is 0.273 e. The number of ether oxygens (including phenoxy) is 2. The summed E-state index contributed by atoms with van der Waals surface area (Å²) in [5.41, 5.74) is 1.75. The second kappa shape index (κ2) is 10.2. The first kappa shape index (κ1) is 22.3. The second-order valence-electron chi connectivity index (χ2n) is 6.74. The number of nitrogens with one attached hydrogen (secondary N) is 3. The van der Waals surface area contributed by atoms with Gasteiger partial charge in [0.15, 0.2) is 28.9 Å². The van der Waals surface area contributed by atoms with Gasteiger partial charge in [0.1, 0.15) is 0 Å². The van der Waals surface area contributed by atoms with Gasteiger partial charge in [0.2, 0.25) is 5.88 Å². The molecule has 172 valence electrons. The molecular formula is C22H21N9O3. The van der Waals surface area contributed by atoms with Crippen molar-refractivity contribution >= 4 is 28.9 Å². The third-order valence-corrected chi connectivity index (χ3v) is 4.64. The van der Waals surface area contributed by atoms with E-state index in [2.05, 4.69) is 46.3 Å². The Bertz CT molecular complexity index is 1280. The molecule has 4 rings (SSSR count). The second-order valence-corrected chi connectivity index (χ2v) is 6.74. The van der Waals surface area contributed by atoms with Crippen molar-refractivity contribution in [1.29, 1.82) is 0 Å². The third-order valence-electron chi connectivity index (χ3n) is 4.64. The summed E-state index contributed by atoms with van der Waals surface area (Å²) in [6.07, 6.45) is 3.30. The standard InChI is InChI=1S/C22H21N9O3/c1-23-22(32)19-15(12-17(29-31-19)27-16-8-9-18(33-2)30-28-16)26-14-7-4-6-13(20(14)34-3)21-24-10-5-11-25-21/h4-12H,1-3H3,(H,23,32)(H2,26,27,28,29). The van der Waals surface area contributed by atoms with Gasteiger partial charge in [-0.25, -0.2) is 9.97 Å². The number of amides is 1. The average Bonchev–Trinajstić information content (AvgIpc) is 2.89. The SMILES string of the molecule is CNC(=O)c1nnc(Nc2ccc(OC)nn2)cc1Nc1cccc(-c2ncccn2)c1OC. The number of aromatic nitrogens is 6. The van der Waals surface area contributed by atoms with Crippen molar-refractivity contribution in [1.82, 2.24) is 35.7 Å². The van der Waals surface area contributed by atoms with E-state index in [9.17, 15) is 4.79 Å². The van der Waals surface area contributed by atoms with Gasteiger partial charge < -0.3 is 25.4 Å². The third kappa shape index (κ3) is 4.80. The van der Waals surface area contributed by atoms with Crippen LogP contribution in [0.3, 0.4) is 0 Å². The highest BCUT2D eigenvalue weighted by Gasteiger charge is 2.18. The molecule has 0 unspecified atom stereocenters. The zero-order valence-corrected chi connectivity index (χ0v) is 18.6. The van der Waals surface area contributed by atoms with Gasteiger partial charge in [0.05, 0.1) is 31.2 Å². The van der Waals surface area contributed by atoms with Crippen LogP contribution in [0.2, 0.25) is 0 Å². The van der Waals surface area contributed by atoms with Crippen molar-refractivity contribution in [2.45, 2.75) is 0 Å². The average molecular weight is 459 g/mol. The largest absolute Gasteiger partial charge is 0.494 e. The predicted octanol–water partition coefficient (Wildman–Crippen LogP) is 2.59. The van der Waals surface area contributed by atoms with Crippen LogP contribution in [0.1, 0.15) is 10.5 Å². The first-order valence-electron chi connectivity index (χ1n) is 10.1. The Morgan fingerprint density at radius 2 is 1.62 bits per heavy atom. The topological polar surface area (TPSA) is 149 Å². The van der Waals surface area contributed by atoms with Crippen LogP contribution in [0.5, 0.6) is 11.6 Å². The molecule has 1 amide bonds. The first-order chi connectivity index (χ1) is 16.6. The Morgan fingerprint density at radius 3 is 2.29 bits per heavy atom. The molecule has 0 aliphatic heterocycles. The maximum Gasteiger partial charge on any atom is 0.273 e. The molecule has 0 bridgehead atoms. The molecule has 3 aromatic heterocycles. The predicted molar refractivity (Wildman–Crippen MR) is 125 cm³/mol. The molecule has 0 spiro atoms. The van der Waals surface area contributed by atoms with Crippen LogP contribution in [-0.4, -0.2) is 57.5 Å². The van der Waals surface area contributed by atoms with E-state index < -0.39 is 5.91 Å². The van der Waals surface area contributed by atoms with Gasteiger partial charge in [-0.05, 0) is 24.3 Å². The molecule has 0 fully saturated rings. The zero-order valence-electron chi connectivity index (χ0n) is 18.6. The molecule has 0 saturated carbocycles. The summed E-state index contributed by atoms with van der Waals surface area (Å²) in [6, 6.07) is 12.2. The molecule has 1 aromatic carbocycles. The fourth-order valence-corrected chi connectivity index (χ4v) is 3.08. The molecule has 0 atom stereocenters. The molecule has 34 heavy (non-hydrogen) atoms. The monoisotopic (exact) mass is 459 g/mol. The quantitative estimate of drug-likeness (QED) is 0.357.